The highest BCUT2D eigenvalue weighted by Gasteiger charge is 2.28. The summed E-state index contributed by atoms with van der Waals surface area (Å²) in [4.78, 5) is 35.7. The molecule has 0 saturated carbocycles. The number of hydrogen-bond acceptors (Lipinski definition) is 4. The van der Waals surface area contributed by atoms with Crippen molar-refractivity contribution in [2.75, 3.05) is 11.9 Å². The number of carbonyl (C=O) groups excluding carboxylic acids is 3. The van der Waals surface area contributed by atoms with Crippen LogP contribution in [0.15, 0.2) is 24.3 Å². The Morgan fingerprint density at radius 3 is 2.68 bits per heavy atom. The maximum Gasteiger partial charge on any atom is 0.243 e. The van der Waals surface area contributed by atoms with Gasteiger partial charge in [-0.1, -0.05) is 32.0 Å². The van der Waals surface area contributed by atoms with Crippen molar-refractivity contribution in [3.05, 3.63) is 29.8 Å². The molecule has 0 spiro atoms. The summed E-state index contributed by atoms with van der Waals surface area (Å²) in [5.74, 6) is -1.01. The maximum atomic E-state index is 12.6. The number of amides is 3. The van der Waals surface area contributed by atoms with E-state index in [2.05, 4.69) is 16.0 Å². The Hall–Kier alpha value is -2.57. The van der Waals surface area contributed by atoms with E-state index in [4.69, 9.17) is 5.73 Å². The number of nitrogens with one attached hydrogen (secondary N) is 3. The number of fused-ring (bicyclic) bond motifs is 1. The lowest BCUT2D eigenvalue weighted by molar-refractivity contribution is -0.130. The van der Waals surface area contributed by atoms with Gasteiger partial charge in [-0.15, -0.1) is 0 Å². The van der Waals surface area contributed by atoms with Crippen molar-refractivity contribution in [3.63, 3.8) is 0 Å². The molecule has 3 amide bonds. The molecule has 0 aromatic heterocycles. The average molecular weight is 346 g/mol. The summed E-state index contributed by atoms with van der Waals surface area (Å²) < 4.78 is 0. The predicted octanol–water partition coefficient (Wildman–Crippen LogP) is 0.546. The summed E-state index contributed by atoms with van der Waals surface area (Å²) in [5, 5.41) is 8.50. The topological polar surface area (TPSA) is 113 Å². The van der Waals surface area contributed by atoms with E-state index < -0.39 is 17.9 Å². The van der Waals surface area contributed by atoms with E-state index in [0.29, 0.717) is 12.8 Å². The third-order valence-corrected chi connectivity index (χ3v) is 4.14. The summed E-state index contributed by atoms with van der Waals surface area (Å²) in [6, 6.07) is 6.81. The smallest absolute Gasteiger partial charge is 0.243 e. The van der Waals surface area contributed by atoms with E-state index in [1.807, 2.05) is 38.1 Å². The largest absolute Gasteiger partial charge is 0.373 e. The van der Waals surface area contributed by atoms with Crippen LogP contribution in [0.3, 0.4) is 0 Å². The molecule has 7 heteroatoms. The molecule has 0 radical (unpaired) electrons. The lowest BCUT2D eigenvalue weighted by Crippen LogP contribution is -2.53. The quantitative estimate of drug-likeness (QED) is 0.577. The van der Waals surface area contributed by atoms with Gasteiger partial charge >= 0.3 is 0 Å². The first kappa shape index (κ1) is 18.8. The van der Waals surface area contributed by atoms with E-state index >= 15 is 0 Å². The summed E-state index contributed by atoms with van der Waals surface area (Å²) in [7, 11) is 0. The van der Waals surface area contributed by atoms with E-state index in [1.165, 1.54) is 5.56 Å². The number of anilines is 1. The average Bonchev–Trinajstić information content (AvgIpc) is 2.58. The van der Waals surface area contributed by atoms with Crippen molar-refractivity contribution in [1.82, 2.24) is 10.6 Å². The Morgan fingerprint density at radius 1 is 1.28 bits per heavy atom. The molecule has 2 rings (SSSR count). The predicted molar refractivity (Wildman–Crippen MR) is 95.8 cm³/mol. The second-order valence-electron chi connectivity index (χ2n) is 6.77. The summed E-state index contributed by atoms with van der Waals surface area (Å²) in [6.07, 6.45) is 1.96. The van der Waals surface area contributed by atoms with Gasteiger partial charge in [0, 0.05) is 5.69 Å². The highest BCUT2D eigenvalue weighted by Crippen LogP contribution is 2.24. The van der Waals surface area contributed by atoms with Crippen LogP contribution in [0.25, 0.3) is 0 Å². The number of nitrogens with two attached hydrogens (primary N) is 1. The van der Waals surface area contributed by atoms with Gasteiger partial charge in [-0.3, -0.25) is 14.4 Å². The number of primary amides is 1. The summed E-state index contributed by atoms with van der Waals surface area (Å²) >= 11 is 0. The van der Waals surface area contributed by atoms with Gasteiger partial charge < -0.3 is 21.7 Å². The fourth-order valence-corrected chi connectivity index (χ4v) is 2.91. The molecule has 1 heterocycles. The van der Waals surface area contributed by atoms with Crippen molar-refractivity contribution >= 4 is 23.4 Å². The van der Waals surface area contributed by atoms with Gasteiger partial charge in [-0.05, 0) is 36.8 Å². The molecular formula is C18H26N4O3. The van der Waals surface area contributed by atoms with Crippen LogP contribution in [0.1, 0.15) is 32.3 Å². The second-order valence-corrected chi connectivity index (χ2v) is 6.77. The van der Waals surface area contributed by atoms with Crippen molar-refractivity contribution in [2.24, 2.45) is 11.7 Å². The van der Waals surface area contributed by atoms with Gasteiger partial charge in [0.25, 0.3) is 0 Å². The number of rotatable bonds is 7. The highest BCUT2D eigenvalue weighted by molar-refractivity contribution is 5.92. The van der Waals surface area contributed by atoms with E-state index in [-0.39, 0.29) is 24.4 Å². The number of benzene rings is 1. The van der Waals surface area contributed by atoms with Crippen LogP contribution < -0.4 is 21.7 Å². The molecule has 0 bridgehead atoms. The van der Waals surface area contributed by atoms with Crippen LogP contribution in [-0.2, 0) is 20.8 Å². The summed E-state index contributed by atoms with van der Waals surface area (Å²) in [6.45, 7) is 3.70. The first-order chi connectivity index (χ1) is 11.9. The van der Waals surface area contributed by atoms with Gasteiger partial charge in [0.2, 0.25) is 17.7 Å². The number of carbonyl (C=O) groups is 3. The highest BCUT2D eigenvalue weighted by atomic mass is 16.2. The molecule has 1 aromatic rings. The molecule has 1 unspecified atom stereocenters. The third kappa shape index (κ3) is 5.48. The fraction of sp³-hybridized carbons (Fsp3) is 0.500. The van der Waals surface area contributed by atoms with Crippen LogP contribution in [0.2, 0.25) is 0 Å². The molecule has 25 heavy (non-hydrogen) atoms. The lowest BCUT2D eigenvalue weighted by atomic mass is 9.97. The maximum absolute atomic E-state index is 12.6. The van der Waals surface area contributed by atoms with Crippen molar-refractivity contribution < 1.29 is 14.4 Å². The van der Waals surface area contributed by atoms with Crippen LogP contribution in [0.4, 0.5) is 5.69 Å². The van der Waals surface area contributed by atoms with Crippen molar-refractivity contribution in [2.45, 2.75) is 45.2 Å². The molecule has 5 N–H and O–H groups in total. The van der Waals surface area contributed by atoms with Gasteiger partial charge in [0.1, 0.15) is 12.1 Å². The van der Waals surface area contributed by atoms with E-state index in [9.17, 15) is 14.4 Å². The fourth-order valence-electron chi connectivity index (χ4n) is 2.91. The van der Waals surface area contributed by atoms with Crippen LogP contribution >= 0.6 is 0 Å². The molecule has 1 aliphatic heterocycles. The number of para-hydroxylation sites is 1. The van der Waals surface area contributed by atoms with Gasteiger partial charge in [-0.25, -0.2) is 0 Å². The standard InChI is InChI=1S/C18H26N4O3/c1-11(2)9-15(17(24)20-10-16(19)23)22-18(25)14-8-7-12-5-3-4-6-13(12)21-14/h3-6,11,14-15,21H,7-10H2,1-2H3,(H2,19,23)(H,20,24)(H,22,25)/t14?,15-/m0/s1. The van der Waals surface area contributed by atoms with Gasteiger partial charge in [-0.2, -0.15) is 0 Å². The molecule has 0 fully saturated rings. The summed E-state index contributed by atoms with van der Waals surface area (Å²) in [5.41, 5.74) is 7.19. The Bertz CT molecular complexity index is 645. The molecule has 0 saturated heterocycles. The Balaban J connectivity index is 1.99. The SMILES string of the molecule is CC(C)C[C@H](NC(=O)C1CCc2ccccc2N1)C(=O)NCC(N)=O. The number of aryl methyl sites for hydroxylation is 1. The second kappa shape index (κ2) is 8.50. The molecule has 2 atom stereocenters. The minimum Gasteiger partial charge on any atom is -0.373 e. The first-order valence-corrected chi connectivity index (χ1v) is 8.57. The third-order valence-electron chi connectivity index (χ3n) is 4.14. The Labute approximate surface area is 147 Å². The van der Waals surface area contributed by atoms with Crippen molar-refractivity contribution in [1.29, 1.82) is 0 Å². The minimum absolute atomic E-state index is 0.213. The monoisotopic (exact) mass is 346 g/mol. The molecule has 136 valence electrons. The Kier molecular flexibility index (Phi) is 6.38. The molecular weight excluding hydrogens is 320 g/mol. The zero-order valence-corrected chi connectivity index (χ0v) is 14.7. The van der Waals surface area contributed by atoms with E-state index in [0.717, 1.165) is 12.1 Å². The normalized spacial score (nSPS) is 17.2. The lowest BCUT2D eigenvalue weighted by Gasteiger charge is -2.28. The first-order valence-electron chi connectivity index (χ1n) is 8.57. The number of hydrogen-bond donors (Lipinski definition) is 4. The molecule has 1 aromatic carbocycles. The van der Waals surface area contributed by atoms with Crippen LogP contribution in [-0.4, -0.2) is 36.3 Å². The van der Waals surface area contributed by atoms with E-state index in [1.54, 1.807) is 0 Å². The van der Waals surface area contributed by atoms with Crippen LogP contribution in [0, 0.1) is 5.92 Å². The molecule has 1 aliphatic rings. The molecule has 7 nitrogen and oxygen atoms in total. The Morgan fingerprint density at radius 2 is 2.00 bits per heavy atom. The zero-order chi connectivity index (χ0) is 18.4. The van der Waals surface area contributed by atoms with Crippen LogP contribution in [0.5, 0.6) is 0 Å². The zero-order valence-electron chi connectivity index (χ0n) is 14.7. The minimum atomic E-state index is -0.689. The van der Waals surface area contributed by atoms with Crippen molar-refractivity contribution in [3.8, 4) is 0 Å². The van der Waals surface area contributed by atoms with Gasteiger partial charge in [0.05, 0.1) is 6.54 Å². The molecule has 0 aliphatic carbocycles. The van der Waals surface area contributed by atoms with Gasteiger partial charge in [0.15, 0.2) is 0 Å².